The Balaban J connectivity index is 2.79. The summed E-state index contributed by atoms with van der Waals surface area (Å²) >= 11 is 0. The molecule has 0 aliphatic rings. The molecule has 0 fully saturated rings. The smallest absolute Gasteiger partial charge is 0.338 e. The molecule has 0 saturated heterocycles. The number of aliphatic hydroxyl groups excluding tert-OH is 2. The van der Waals surface area contributed by atoms with E-state index in [9.17, 15) is 15.0 Å². The van der Waals surface area contributed by atoms with Gasteiger partial charge in [0.15, 0.2) is 6.10 Å². The molecule has 0 aliphatic carbocycles. The van der Waals surface area contributed by atoms with Crippen LogP contribution in [0.25, 0.3) is 0 Å². The molecule has 1 aromatic carbocycles. The lowest BCUT2D eigenvalue weighted by Crippen LogP contribution is -2.29. The molecule has 1 rings (SSSR count). The maximum atomic E-state index is 11.3. The van der Waals surface area contributed by atoms with Gasteiger partial charge in [-0.3, -0.25) is 0 Å². The number of hydrogen-bond acceptors (Lipinski definition) is 5. The summed E-state index contributed by atoms with van der Waals surface area (Å²) in [4.78, 5) is 11.3. The zero-order valence-corrected chi connectivity index (χ0v) is 10.4. The monoisotopic (exact) mass is 253 g/mol. The maximum absolute atomic E-state index is 11.3. The van der Waals surface area contributed by atoms with E-state index in [1.54, 1.807) is 25.1 Å². The van der Waals surface area contributed by atoms with Crippen LogP contribution in [0.4, 0.5) is 0 Å². The minimum atomic E-state index is -1.57. The Kier molecular flexibility index (Phi) is 5.77. The van der Waals surface area contributed by atoms with Crippen molar-refractivity contribution in [1.29, 1.82) is 0 Å². The Morgan fingerprint density at radius 3 is 2.78 bits per heavy atom. The molecule has 5 nitrogen and oxygen atoms in total. The zero-order valence-electron chi connectivity index (χ0n) is 10.4. The van der Waals surface area contributed by atoms with Crippen LogP contribution in [0.3, 0.4) is 0 Å². The second-order valence-electron chi connectivity index (χ2n) is 3.93. The Hall–Kier alpha value is -1.43. The molecule has 2 atom stereocenters. The van der Waals surface area contributed by atoms with Crippen molar-refractivity contribution >= 4 is 5.97 Å². The van der Waals surface area contributed by atoms with Gasteiger partial charge in [0.1, 0.15) is 6.10 Å². The Bertz CT molecular complexity index is 394. The van der Waals surface area contributed by atoms with Crippen molar-refractivity contribution in [2.24, 2.45) is 5.73 Å². The Labute approximate surface area is 106 Å². The summed E-state index contributed by atoms with van der Waals surface area (Å²) in [7, 11) is 0. The largest absolute Gasteiger partial charge is 0.464 e. The summed E-state index contributed by atoms with van der Waals surface area (Å²) in [5, 5.41) is 19.5. The first kappa shape index (κ1) is 14.6. The number of esters is 1. The van der Waals surface area contributed by atoms with E-state index in [1.807, 2.05) is 6.07 Å². The molecule has 0 aromatic heterocycles. The Morgan fingerprint density at radius 2 is 2.17 bits per heavy atom. The third kappa shape index (κ3) is 3.80. The van der Waals surface area contributed by atoms with Gasteiger partial charge in [-0.05, 0) is 31.0 Å². The van der Waals surface area contributed by atoms with Crippen molar-refractivity contribution in [2.45, 2.75) is 25.6 Å². The highest BCUT2D eigenvalue weighted by atomic mass is 16.5. The number of ether oxygens (including phenoxy) is 1. The van der Waals surface area contributed by atoms with Crippen molar-refractivity contribution in [3.8, 4) is 0 Å². The molecule has 0 amide bonds. The molecular formula is C13H19NO4. The van der Waals surface area contributed by atoms with Crippen LogP contribution in [0.1, 0.15) is 24.2 Å². The second-order valence-corrected chi connectivity index (χ2v) is 3.93. The van der Waals surface area contributed by atoms with Crippen molar-refractivity contribution < 1.29 is 19.7 Å². The van der Waals surface area contributed by atoms with Gasteiger partial charge in [0, 0.05) is 0 Å². The van der Waals surface area contributed by atoms with Gasteiger partial charge in [-0.25, -0.2) is 4.79 Å². The summed E-state index contributed by atoms with van der Waals surface area (Å²) in [6, 6.07) is 6.99. The van der Waals surface area contributed by atoms with E-state index in [0.29, 0.717) is 18.5 Å². The molecule has 2 unspecified atom stereocenters. The van der Waals surface area contributed by atoms with E-state index in [-0.39, 0.29) is 6.61 Å². The highest BCUT2D eigenvalue weighted by Crippen LogP contribution is 2.19. The van der Waals surface area contributed by atoms with E-state index in [1.165, 1.54) is 0 Å². The molecule has 4 N–H and O–H groups in total. The van der Waals surface area contributed by atoms with Crippen LogP contribution in [0.15, 0.2) is 24.3 Å². The predicted molar refractivity (Wildman–Crippen MR) is 66.8 cm³/mol. The van der Waals surface area contributed by atoms with Gasteiger partial charge >= 0.3 is 5.97 Å². The molecule has 5 heteroatoms. The van der Waals surface area contributed by atoms with Crippen LogP contribution in [-0.2, 0) is 16.0 Å². The summed E-state index contributed by atoms with van der Waals surface area (Å²) in [5.41, 5.74) is 6.87. The van der Waals surface area contributed by atoms with Gasteiger partial charge < -0.3 is 20.7 Å². The fraction of sp³-hybridized carbons (Fsp3) is 0.462. The van der Waals surface area contributed by atoms with Gasteiger partial charge in [-0.1, -0.05) is 24.3 Å². The molecular weight excluding hydrogens is 234 g/mol. The number of aliphatic hydroxyl groups is 2. The molecule has 0 spiro atoms. The molecule has 0 radical (unpaired) electrons. The number of nitrogens with two attached hydrogens (primary N) is 1. The van der Waals surface area contributed by atoms with Crippen molar-refractivity contribution in [1.82, 2.24) is 0 Å². The average molecular weight is 253 g/mol. The fourth-order valence-corrected chi connectivity index (χ4v) is 1.64. The van der Waals surface area contributed by atoms with Gasteiger partial charge in [0.05, 0.1) is 6.61 Å². The second kappa shape index (κ2) is 7.10. The first-order valence-corrected chi connectivity index (χ1v) is 5.91. The van der Waals surface area contributed by atoms with E-state index in [0.717, 1.165) is 5.56 Å². The predicted octanol–water partition coefficient (Wildman–Crippen LogP) is 0.145. The maximum Gasteiger partial charge on any atom is 0.338 e. The minimum Gasteiger partial charge on any atom is -0.464 e. The van der Waals surface area contributed by atoms with E-state index in [2.05, 4.69) is 4.74 Å². The lowest BCUT2D eigenvalue weighted by atomic mass is 10.0. The van der Waals surface area contributed by atoms with Crippen molar-refractivity contribution in [3.63, 3.8) is 0 Å². The normalized spacial score (nSPS) is 14.0. The van der Waals surface area contributed by atoms with Crippen LogP contribution in [0.2, 0.25) is 0 Å². The number of hydrogen-bond donors (Lipinski definition) is 3. The van der Waals surface area contributed by atoms with E-state index in [4.69, 9.17) is 5.73 Å². The van der Waals surface area contributed by atoms with Crippen LogP contribution in [0.5, 0.6) is 0 Å². The molecule has 0 heterocycles. The lowest BCUT2D eigenvalue weighted by Gasteiger charge is -2.17. The summed E-state index contributed by atoms with van der Waals surface area (Å²) < 4.78 is 4.66. The molecule has 0 bridgehead atoms. The number of benzene rings is 1. The fourth-order valence-electron chi connectivity index (χ4n) is 1.64. The standard InChI is InChI=1S/C13H19NO4/c1-2-18-13(17)12(16)11(15)10-5-3-4-9(8-10)6-7-14/h3-5,8,11-12,15-16H,2,6-7,14H2,1H3. The molecule has 0 aliphatic heterocycles. The van der Waals surface area contributed by atoms with Gasteiger partial charge in [-0.15, -0.1) is 0 Å². The number of carbonyl (C=O) groups is 1. The third-order valence-electron chi connectivity index (χ3n) is 2.55. The summed E-state index contributed by atoms with van der Waals surface area (Å²) in [6.45, 7) is 2.30. The molecule has 100 valence electrons. The first-order valence-electron chi connectivity index (χ1n) is 5.91. The minimum absolute atomic E-state index is 0.163. The summed E-state index contributed by atoms with van der Waals surface area (Å²) in [6.07, 6.45) is -2.18. The van der Waals surface area contributed by atoms with E-state index >= 15 is 0 Å². The average Bonchev–Trinajstić information content (AvgIpc) is 2.38. The first-order chi connectivity index (χ1) is 8.60. The molecule has 18 heavy (non-hydrogen) atoms. The van der Waals surface area contributed by atoms with Crippen LogP contribution < -0.4 is 5.73 Å². The molecule has 0 saturated carbocycles. The van der Waals surface area contributed by atoms with Crippen molar-refractivity contribution in [3.05, 3.63) is 35.4 Å². The van der Waals surface area contributed by atoms with Gasteiger partial charge in [-0.2, -0.15) is 0 Å². The highest BCUT2D eigenvalue weighted by Gasteiger charge is 2.26. The van der Waals surface area contributed by atoms with Crippen LogP contribution >= 0.6 is 0 Å². The van der Waals surface area contributed by atoms with Gasteiger partial charge in [0.2, 0.25) is 0 Å². The number of rotatable bonds is 6. The Morgan fingerprint density at radius 1 is 1.44 bits per heavy atom. The van der Waals surface area contributed by atoms with E-state index < -0.39 is 18.2 Å². The van der Waals surface area contributed by atoms with Crippen LogP contribution in [0, 0.1) is 0 Å². The summed E-state index contributed by atoms with van der Waals surface area (Å²) in [5.74, 6) is -0.825. The van der Waals surface area contributed by atoms with Gasteiger partial charge in [0.25, 0.3) is 0 Å². The van der Waals surface area contributed by atoms with Crippen molar-refractivity contribution in [2.75, 3.05) is 13.2 Å². The van der Waals surface area contributed by atoms with Crippen LogP contribution in [-0.4, -0.2) is 35.4 Å². The number of carbonyl (C=O) groups excluding carboxylic acids is 1. The highest BCUT2D eigenvalue weighted by molar-refractivity contribution is 5.75. The third-order valence-corrected chi connectivity index (χ3v) is 2.55. The molecule has 1 aromatic rings. The zero-order chi connectivity index (χ0) is 13.5. The lowest BCUT2D eigenvalue weighted by molar-refractivity contribution is -0.159. The SMILES string of the molecule is CCOC(=O)C(O)C(O)c1cccc(CCN)c1. The quantitative estimate of drug-likeness (QED) is 0.627. The topological polar surface area (TPSA) is 92.8 Å².